The SMILES string of the molecule is O=C(O)C1=NC(c2ccc(F)cc2)(C(F)(F)F)C(=O)N1. The van der Waals surface area contributed by atoms with Crippen LogP contribution in [-0.2, 0) is 15.1 Å². The van der Waals surface area contributed by atoms with Gasteiger partial charge in [-0.25, -0.2) is 14.2 Å². The van der Waals surface area contributed by atoms with Crippen LogP contribution in [0.4, 0.5) is 17.6 Å². The number of nitrogens with zero attached hydrogens (tertiary/aromatic N) is 1. The number of benzene rings is 1. The number of aliphatic carboxylic acids is 1. The predicted octanol–water partition coefficient (Wildman–Crippen LogP) is 1.20. The molecule has 20 heavy (non-hydrogen) atoms. The van der Waals surface area contributed by atoms with Crippen LogP contribution in [0.1, 0.15) is 5.56 Å². The molecule has 9 heteroatoms. The lowest BCUT2D eigenvalue weighted by Crippen LogP contribution is -2.49. The van der Waals surface area contributed by atoms with Gasteiger partial charge in [-0.15, -0.1) is 0 Å². The van der Waals surface area contributed by atoms with Crippen LogP contribution in [0.25, 0.3) is 0 Å². The number of carboxylic acids is 1. The van der Waals surface area contributed by atoms with Crippen molar-refractivity contribution in [3.8, 4) is 0 Å². The second kappa shape index (κ2) is 4.29. The highest BCUT2D eigenvalue weighted by molar-refractivity contribution is 6.40. The van der Waals surface area contributed by atoms with Gasteiger partial charge in [-0.2, -0.15) is 13.2 Å². The lowest BCUT2D eigenvalue weighted by Gasteiger charge is -2.26. The van der Waals surface area contributed by atoms with E-state index in [-0.39, 0.29) is 0 Å². The number of carbonyl (C=O) groups excluding carboxylic acids is 1. The number of amides is 1. The van der Waals surface area contributed by atoms with Gasteiger partial charge in [-0.05, 0) is 17.7 Å². The molecule has 0 radical (unpaired) electrons. The Hall–Kier alpha value is -2.45. The maximum absolute atomic E-state index is 13.2. The average Bonchev–Trinajstić information content (AvgIpc) is 2.69. The number of hydrogen-bond acceptors (Lipinski definition) is 3. The van der Waals surface area contributed by atoms with Crippen LogP contribution in [0.2, 0.25) is 0 Å². The first-order valence-electron chi connectivity index (χ1n) is 5.16. The fraction of sp³-hybridized carbons (Fsp3) is 0.182. The molecule has 2 rings (SSSR count). The van der Waals surface area contributed by atoms with Gasteiger partial charge in [0.2, 0.25) is 5.84 Å². The number of nitrogens with one attached hydrogen (secondary N) is 1. The number of rotatable bonds is 2. The van der Waals surface area contributed by atoms with Crippen LogP contribution < -0.4 is 5.32 Å². The Labute approximate surface area is 108 Å². The van der Waals surface area contributed by atoms with Crippen molar-refractivity contribution in [2.24, 2.45) is 4.99 Å². The van der Waals surface area contributed by atoms with E-state index in [0.29, 0.717) is 0 Å². The third-order valence-electron chi connectivity index (χ3n) is 2.71. The van der Waals surface area contributed by atoms with E-state index in [1.807, 2.05) is 0 Å². The van der Waals surface area contributed by atoms with Gasteiger partial charge in [-0.3, -0.25) is 4.79 Å². The highest BCUT2D eigenvalue weighted by Crippen LogP contribution is 2.44. The Kier molecular flexibility index (Phi) is 2.99. The fourth-order valence-corrected chi connectivity index (χ4v) is 1.79. The molecule has 0 aromatic heterocycles. The number of hydrogen-bond donors (Lipinski definition) is 2. The standard InChI is InChI=1S/C11H6F4N2O3/c12-6-3-1-5(2-4-6)10(11(13,14)15)9(20)16-7(17-10)8(18)19/h1-4H,(H,18,19)(H,16,17,20). The summed E-state index contributed by atoms with van der Waals surface area (Å²) in [4.78, 5) is 25.3. The van der Waals surface area contributed by atoms with Crippen LogP contribution in [0.15, 0.2) is 29.3 Å². The molecule has 1 aliphatic heterocycles. The van der Waals surface area contributed by atoms with Crippen molar-refractivity contribution >= 4 is 17.7 Å². The molecule has 1 aromatic carbocycles. The summed E-state index contributed by atoms with van der Waals surface area (Å²) in [6.07, 6.45) is -5.17. The molecule has 5 nitrogen and oxygen atoms in total. The summed E-state index contributed by atoms with van der Waals surface area (Å²) >= 11 is 0. The molecule has 1 unspecified atom stereocenters. The summed E-state index contributed by atoms with van der Waals surface area (Å²) in [7, 11) is 0. The van der Waals surface area contributed by atoms with Gasteiger partial charge < -0.3 is 10.4 Å². The molecule has 0 aliphatic carbocycles. The number of alkyl halides is 3. The first-order valence-corrected chi connectivity index (χ1v) is 5.16. The van der Waals surface area contributed by atoms with Crippen LogP contribution in [0.3, 0.4) is 0 Å². The third kappa shape index (κ3) is 1.91. The van der Waals surface area contributed by atoms with E-state index in [9.17, 15) is 27.2 Å². The number of carboxylic acid groups (broad SMARTS) is 1. The van der Waals surface area contributed by atoms with E-state index < -0.39 is 40.8 Å². The number of aliphatic imine (C=N–C) groups is 1. The van der Waals surface area contributed by atoms with E-state index >= 15 is 0 Å². The molecule has 1 heterocycles. The first-order chi connectivity index (χ1) is 9.18. The zero-order chi connectivity index (χ0) is 15.1. The Morgan fingerprint density at radius 1 is 1.25 bits per heavy atom. The molecule has 0 saturated carbocycles. The highest BCUT2D eigenvalue weighted by atomic mass is 19.4. The number of carbonyl (C=O) groups is 2. The molecule has 1 amide bonds. The zero-order valence-corrected chi connectivity index (χ0v) is 9.53. The molecule has 1 aromatic rings. The molecule has 2 N–H and O–H groups in total. The Bertz CT molecular complexity index is 609. The minimum absolute atomic E-state index is 0.667. The van der Waals surface area contributed by atoms with E-state index in [2.05, 4.69) is 4.99 Å². The van der Waals surface area contributed by atoms with E-state index in [0.717, 1.165) is 24.3 Å². The van der Waals surface area contributed by atoms with Crippen molar-refractivity contribution in [1.29, 1.82) is 0 Å². The Morgan fingerprint density at radius 2 is 1.80 bits per heavy atom. The molecule has 0 fully saturated rings. The lowest BCUT2D eigenvalue weighted by atomic mass is 9.89. The summed E-state index contributed by atoms with van der Waals surface area (Å²) in [6.45, 7) is 0. The number of halogens is 4. The molecule has 0 spiro atoms. The topological polar surface area (TPSA) is 78.8 Å². The quantitative estimate of drug-likeness (QED) is 0.803. The van der Waals surface area contributed by atoms with E-state index in [4.69, 9.17) is 5.11 Å². The normalized spacial score (nSPS) is 22.4. The average molecular weight is 290 g/mol. The Morgan fingerprint density at radius 3 is 2.20 bits per heavy atom. The smallest absolute Gasteiger partial charge is 0.427 e. The second-order valence-electron chi connectivity index (χ2n) is 3.93. The van der Waals surface area contributed by atoms with Crippen LogP contribution in [0, 0.1) is 5.82 Å². The zero-order valence-electron chi connectivity index (χ0n) is 9.53. The third-order valence-corrected chi connectivity index (χ3v) is 2.71. The summed E-state index contributed by atoms with van der Waals surface area (Å²) in [5, 5.41) is 10.2. The van der Waals surface area contributed by atoms with Gasteiger partial charge >= 0.3 is 12.1 Å². The predicted molar refractivity (Wildman–Crippen MR) is 57.3 cm³/mol. The second-order valence-corrected chi connectivity index (χ2v) is 3.93. The fourth-order valence-electron chi connectivity index (χ4n) is 1.79. The monoisotopic (exact) mass is 290 g/mol. The van der Waals surface area contributed by atoms with E-state index in [1.54, 1.807) is 5.32 Å². The van der Waals surface area contributed by atoms with Crippen molar-refractivity contribution in [2.45, 2.75) is 11.7 Å². The molecule has 106 valence electrons. The maximum atomic E-state index is 13.2. The minimum atomic E-state index is -5.17. The van der Waals surface area contributed by atoms with Gasteiger partial charge in [0.05, 0.1) is 0 Å². The van der Waals surface area contributed by atoms with Gasteiger partial charge in [0.1, 0.15) is 5.82 Å². The maximum Gasteiger partial charge on any atom is 0.427 e. The summed E-state index contributed by atoms with van der Waals surface area (Å²) < 4.78 is 52.5. The molecular weight excluding hydrogens is 284 g/mol. The molecule has 0 bridgehead atoms. The largest absolute Gasteiger partial charge is 0.475 e. The van der Waals surface area contributed by atoms with Crippen molar-refractivity contribution in [3.05, 3.63) is 35.6 Å². The Balaban J connectivity index is 2.67. The van der Waals surface area contributed by atoms with Gasteiger partial charge in [-0.1, -0.05) is 12.1 Å². The molecule has 0 saturated heterocycles. The van der Waals surface area contributed by atoms with Gasteiger partial charge in [0.25, 0.3) is 11.4 Å². The van der Waals surface area contributed by atoms with Crippen molar-refractivity contribution in [2.75, 3.05) is 0 Å². The van der Waals surface area contributed by atoms with Crippen molar-refractivity contribution in [3.63, 3.8) is 0 Å². The first kappa shape index (κ1) is 14.0. The van der Waals surface area contributed by atoms with E-state index in [1.165, 1.54) is 0 Å². The summed E-state index contributed by atoms with van der Waals surface area (Å²) in [5.74, 6) is -5.36. The van der Waals surface area contributed by atoms with Gasteiger partial charge in [0, 0.05) is 0 Å². The van der Waals surface area contributed by atoms with Crippen LogP contribution in [0.5, 0.6) is 0 Å². The van der Waals surface area contributed by atoms with Crippen LogP contribution in [-0.4, -0.2) is 29.0 Å². The number of amidine groups is 1. The molecular formula is C11H6F4N2O3. The summed E-state index contributed by atoms with van der Waals surface area (Å²) in [5.41, 5.74) is -4.05. The van der Waals surface area contributed by atoms with Crippen molar-refractivity contribution in [1.82, 2.24) is 5.32 Å². The molecule has 1 atom stereocenters. The minimum Gasteiger partial charge on any atom is -0.475 e. The lowest BCUT2D eigenvalue weighted by molar-refractivity contribution is -0.190. The highest BCUT2D eigenvalue weighted by Gasteiger charge is 2.65. The van der Waals surface area contributed by atoms with Gasteiger partial charge in [0.15, 0.2) is 0 Å². The van der Waals surface area contributed by atoms with Crippen LogP contribution >= 0.6 is 0 Å². The molecule has 1 aliphatic rings. The van der Waals surface area contributed by atoms with Crippen molar-refractivity contribution < 1.29 is 32.3 Å². The summed E-state index contributed by atoms with van der Waals surface area (Å²) in [6, 6.07) is 2.92.